The predicted octanol–water partition coefficient (Wildman–Crippen LogP) is 2.38. The second kappa shape index (κ2) is 6.45. The lowest BCUT2D eigenvalue weighted by molar-refractivity contribution is 0.190. The Morgan fingerprint density at radius 2 is 1.94 bits per heavy atom. The van der Waals surface area contributed by atoms with Crippen LogP contribution < -0.4 is 15.2 Å². The first-order valence-corrected chi connectivity index (χ1v) is 6.14. The van der Waals surface area contributed by atoms with E-state index in [1.165, 1.54) is 0 Å². The normalized spacial score (nSPS) is 11.3. The van der Waals surface area contributed by atoms with E-state index in [2.05, 4.69) is 18.8 Å². The van der Waals surface area contributed by atoms with Crippen molar-refractivity contribution in [1.29, 1.82) is 0 Å². The predicted molar refractivity (Wildman–Crippen MR) is 68.4 cm³/mol. The zero-order valence-electron chi connectivity index (χ0n) is 10.9. The third-order valence-corrected chi connectivity index (χ3v) is 2.94. The van der Waals surface area contributed by atoms with Crippen LogP contribution >= 0.6 is 0 Å². The van der Waals surface area contributed by atoms with Crippen molar-refractivity contribution in [2.24, 2.45) is 5.73 Å². The second-order valence-corrected chi connectivity index (χ2v) is 4.10. The molecule has 0 bridgehead atoms. The Morgan fingerprint density at radius 3 is 2.53 bits per heavy atom. The summed E-state index contributed by atoms with van der Waals surface area (Å²) in [5, 5.41) is 0. The number of hydrogen-bond donors (Lipinski definition) is 1. The van der Waals surface area contributed by atoms with Crippen LogP contribution in [0.15, 0.2) is 18.3 Å². The molecule has 0 aliphatic rings. The maximum absolute atomic E-state index is 6.17. The molecule has 0 aromatic carbocycles. The van der Waals surface area contributed by atoms with Crippen LogP contribution in [0.3, 0.4) is 0 Å². The third kappa shape index (κ3) is 3.89. The van der Waals surface area contributed by atoms with Crippen molar-refractivity contribution in [2.45, 2.75) is 39.2 Å². The van der Waals surface area contributed by atoms with Crippen LogP contribution in [0.5, 0.6) is 11.6 Å². The molecule has 0 radical (unpaired) electrons. The summed E-state index contributed by atoms with van der Waals surface area (Å²) in [4.78, 5) is 4.17. The molecule has 96 valence electrons. The number of pyridine rings is 1. The smallest absolute Gasteiger partial charge is 0.257 e. The van der Waals surface area contributed by atoms with Crippen LogP contribution in [0, 0.1) is 0 Å². The van der Waals surface area contributed by atoms with Gasteiger partial charge in [-0.2, -0.15) is 0 Å². The van der Waals surface area contributed by atoms with Crippen molar-refractivity contribution in [3.05, 3.63) is 18.3 Å². The first kappa shape index (κ1) is 13.8. The van der Waals surface area contributed by atoms with Gasteiger partial charge in [-0.15, -0.1) is 0 Å². The Labute approximate surface area is 103 Å². The van der Waals surface area contributed by atoms with Gasteiger partial charge in [0.1, 0.15) is 6.61 Å². The van der Waals surface area contributed by atoms with E-state index in [1.807, 2.05) is 19.1 Å². The largest absolute Gasteiger partial charge is 0.488 e. The first-order valence-electron chi connectivity index (χ1n) is 6.14. The fourth-order valence-electron chi connectivity index (χ4n) is 1.42. The number of aromatic nitrogens is 1. The van der Waals surface area contributed by atoms with Gasteiger partial charge in [0.15, 0.2) is 5.75 Å². The molecular weight excluding hydrogens is 216 g/mol. The molecular formula is C13H22N2O2. The number of ether oxygens (including phenoxy) is 2. The lowest BCUT2D eigenvalue weighted by atomic mass is 9.96. The van der Waals surface area contributed by atoms with Crippen molar-refractivity contribution in [3.63, 3.8) is 0 Å². The minimum atomic E-state index is -0.291. The summed E-state index contributed by atoms with van der Waals surface area (Å²) in [6, 6.07) is 3.68. The standard InChI is InChI=1S/C13H22N2O2/c1-4-13(14,5-2)10-17-12-11(16-6-3)8-7-9-15-12/h7-9H,4-6,10,14H2,1-3H3. The van der Waals surface area contributed by atoms with E-state index in [-0.39, 0.29) is 5.54 Å². The van der Waals surface area contributed by atoms with Crippen LogP contribution in [0.2, 0.25) is 0 Å². The van der Waals surface area contributed by atoms with Crippen molar-refractivity contribution >= 4 is 0 Å². The quantitative estimate of drug-likeness (QED) is 0.792. The molecule has 0 fully saturated rings. The summed E-state index contributed by atoms with van der Waals surface area (Å²) < 4.78 is 11.1. The van der Waals surface area contributed by atoms with Gasteiger partial charge in [0.05, 0.1) is 6.61 Å². The minimum Gasteiger partial charge on any atom is -0.488 e. The van der Waals surface area contributed by atoms with Gasteiger partial charge < -0.3 is 15.2 Å². The molecule has 0 saturated heterocycles. The average Bonchev–Trinajstić information content (AvgIpc) is 2.38. The zero-order valence-corrected chi connectivity index (χ0v) is 10.9. The Morgan fingerprint density at radius 1 is 1.24 bits per heavy atom. The Balaban J connectivity index is 2.68. The Hall–Kier alpha value is -1.29. The molecule has 0 spiro atoms. The van der Waals surface area contributed by atoms with Gasteiger partial charge in [-0.3, -0.25) is 0 Å². The minimum absolute atomic E-state index is 0.291. The van der Waals surface area contributed by atoms with Crippen molar-refractivity contribution in [3.8, 4) is 11.6 Å². The van der Waals surface area contributed by atoms with Gasteiger partial charge >= 0.3 is 0 Å². The molecule has 0 amide bonds. The molecule has 2 N–H and O–H groups in total. The maximum Gasteiger partial charge on any atom is 0.257 e. The molecule has 4 nitrogen and oxygen atoms in total. The highest BCUT2D eigenvalue weighted by atomic mass is 16.5. The summed E-state index contributed by atoms with van der Waals surface area (Å²) in [6.07, 6.45) is 3.44. The van der Waals surface area contributed by atoms with Gasteiger partial charge in [-0.25, -0.2) is 4.98 Å². The van der Waals surface area contributed by atoms with Crippen LogP contribution in [0.4, 0.5) is 0 Å². The van der Waals surface area contributed by atoms with Gasteiger partial charge in [-0.1, -0.05) is 13.8 Å². The van der Waals surface area contributed by atoms with E-state index in [9.17, 15) is 0 Å². The SMILES string of the molecule is CCOc1cccnc1OCC(N)(CC)CC. The second-order valence-electron chi connectivity index (χ2n) is 4.10. The topological polar surface area (TPSA) is 57.4 Å². The molecule has 0 saturated carbocycles. The third-order valence-electron chi connectivity index (χ3n) is 2.94. The molecule has 0 unspecified atom stereocenters. The molecule has 17 heavy (non-hydrogen) atoms. The van der Waals surface area contributed by atoms with Gasteiger partial charge in [-0.05, 0) is 31.9 Å². The fraction of sp³-hybridized carbons (Fsp3) is 0.615. The highest BCUT2D eigenvalue weighted by Gasteiger charge is 2.22. The molecule has 0 atom stereocenters. The summed E-state index contributed by atoms with van der Waals surface area (Å²) in [7, 11) is 0. The summed E-state index contributed by atoms with van der Waals surface area (Å²) in [6.45, 7) is 7.11. The van der Waals surface area contributed by atoms with Crippen molar-refractivity contribution < 1.29 is 9.47 Å². The summed E-state index contributed by atoms with van der Waals surface area (Å²) in [5.74, 6) is 1.19. The molecule has 4 heteroatoms. The first-order chi connectivity index (χ1) is 8.15. The molecule has 0 aliphatic carbocycles. The molecule has 1 rings (SSSR count). The lowest BCUT2D eigenvalue weighted by Gasteiger charge is -2.26. The van der Waals surface area contributed by atoms with E-state index in [4.69, 9.17) is 15.2 Å². The summed E-state index contributed by atoms with van der Waals surface area (Å²) >= 11 is 0. The van der Waals surface area contributed by atoms with E-state index in [0.717, 1.165) is 12.8 Å². The van der Waals surface area contributed by atoms with Gasteiger partial charge in [0.25, 0.3) is 5.88 Å². The Bertz CT molecular complexity index is 338. The molecule has 1 aromatic heterocycles. The van der Waals surface area contributed by atoms with Crippen LogP contribution in [-0.4, -0.2) is 23.7 Å². The molecule has 1 aromatic rings. The van der Waals surface area contributed by atoms with Crippen LogP contribution in [0.25, 0.3) is 0 Å². The number of hydrogen-bond acceptors (Lipinski definition) is 4. The number of rotatable bonds is 7. The van der Waals surface area contributed by atoms with Crippen LogP contribution in [0.1, 0.15) is 33.6 Å². The van der Waals surface area contributed by atoms with Crippen molar-refractivity contribution in [1.82, 2.24) is 4.98 Å². The summed E-state index contributed by atoms with van der Waals surface area (Å²) in [5.41, 5.74) is 5.88. The van der Waals surface area contributed by atoms with E-state index < -0.39 is 0 Å². The fourth-order valence-corrected chi connectivity index (χ4v) is 1.42. The highest BCUT2D eigenvalue weighted by molar-refractivity contribution is 5.32. The lowest BCUT2D eigenvalue weighted by Crippen LogP contribution is -2.44. The average molecular weight is 238 g/mol. The van der Waals surface area contributed by atoms with E-state index >= 15 is 0 Å². The van der Waals surface area contributed by atoms with Gasteiger partial charge in [0.2, 0.25) is 0 Å². The number of nitrogens with two attached hydrogens (primary N) is 1. The molecule has 0 aliphatic heterocycles. The molecule has 1 heterocycles. The van der Waals surface area contributed by atoms with Crippen molar-refractivity contribution in [2.75, 3.05) is 13.2 Å². The highest BCUT2D eigenvalue weighted by Crippen LogP contribution is 2.24. The zero-order chi connectivity index (χ0) is 12.7. The van der Waals surface area contributed by atoms with Crippen LogP contribution in [-0.2, 0) is 0 Å². The Kier molecular flexibility index (Phi) is 5.22. The monoisotopic (exact) mass is 238 g/mol. The number of nitrogens with zero attached hydrogens (tertiary/aromatic N) is 1. The van der Waals surface area contributed by atoms with E-state index in [0.29, 0.717) is 24.8 Å². The maximum atomic E-state index is 6.17. The van der Waals surface area contributed by atoms with Gasteiger partial charge in [0, 0.05) is 11.7 Å². The van der Waals surface area contributed by atoms with E-state index in [1.54, 1.807) is 6.20 Å².